The van der Waals surface area contributed by atoms with Gasteiger partial charge in [-0.25, -0.2) is 0 Å². The van der Waals surface area contributed by atoms with E-state index in [9.17, 15) is 0 Å². The summed E-state index contributed by atoms with van der Waals surface area (Å²) in [6.45, 7) is 8.44. The lowest BCUT2D eigenvalue weighted by Gasteiger charge is -2.32. The van der Waals surface area contributed by atoms with E-state index >= 15 is 0 Å². The highest BCUT2D eigenvalue weighted by Gasteiger charge is 2.51. The van der Waals surface area contributed by atoms with Crippen LogP contribution in [0, 0.1) is 0 Å². The van der Waals surface area contributed by atoms with Crippen LogP contribution in [0.25, 0.3) is 69.0 Å². The minimum atomic E-state index is -0.365. The first-order chi connectivity index (χ1) is 18.8. The van der Waals surface area contributed by atoms with Crippen molar-refractivity contribution in [1.82, 2.24) is 4.40 Å². The normalized spacial score (nSPS) is 17.4. The van der Waals surface area contributed by atoms with Gasteiger partial charge in [0.15, 0.2) is 0 Å². The predicted molar refractivity (Wildman–Crippen MR) is 167 cm³/mol. The fraction of sp³-hybridized carbons (Fsp3) is 0.176. The SMILES string of the molecule is CC1(C)OB(c2ccc3sc4cc5ccc6c(c5cc4c3c2)c2cccc3c4ccccc4n6c32)OC1(C)C. The quantitative estimate of drug-likeness (QED) is 0.201. The monoisotopic (exact) mass is 523 g/mol. The number of benzene rings is 5. The second-order valence-electron chi connectivity index (χ2n) is 12.0. The summed E-state index contributed by atoms with van der Waals surface area (Å²) in [5.41, 5.74) is 4.22. The summed E-state index contributed by atoms with van der Waals surface area (Å²) in [5, 5.41) is 10.4. The lowest BCUT2D eigenvalue weighted by Crippen LogP contribution is -2.41. The van der Waals surface area contributed by atoms with Gasteiger partial charge in [-0.1, -0.05) is 54.6 Å². The molecule has 5 heteroatoms. The Balaban J connectivity index is 1.34. The van der Waals surface area contributed by atoms with Gasteiger partial charge >= 0.3 is 7.12 Å². The molecular formula is C34H26BNO2S. The van der Waals surface area contributed by atoms with Gasteiger partial charge in [0.2, 0.25) is 0 Å². The highest BCUT2D eigenvalue weighted by Crippen LogP contribution is 2.44. The Morgan fingerprint density at radius 2 is 1.36 bits per heavy atom. The van der Waals surface area contributed by atoms with Gasteiger partial charge < -0.3 is 13.7 Å². The fourth-order valence-electron chi connectivity index (χ4n) is 6.67. The molecule has 0 saturated carbocycles. The van der Waals surface area contributed by atoms with E-state index in [1.807, 2.05) is 11.3 Å². The van der Waals surface area contributed by atoms with Crippen molar-refractivity contribution in [3.63, 3.8) is 0 Å². The van der Waals surface area contributed by atoms with Crippen LogP contribution in [0.15, 0.2) is 84.9 Å². The molecule has 0 atom stereocenters. The first kappa shape index (κ1) is 22.2. The second-order valence-corrected chi connectivity index (χ2v) is 13.1. The Morgan fingerprint density at radius 1 is 0.615 bits per heavy atom. The first-order valence-electron chi connectivity index (χ1n) is 13.6. The topological polar surface area (TPSA) is 22.9 Å². The maximum absolute atomic E-state index is 6.39. The van der Waals surface area contributed by atoms with Gasteiger partial charge in [0.25, 0.3) is 0 Å². The summed E-state index contributed by atoms with van der Waals surface area (Å²) in [7, 11) is -0.365. The van der Waals surface area contributed by atoms with Gasteiger partial charge in [-0.15, -0.1) is 11.3 Å². The lowest BCUT2D eigenvalue weighted by molar-refractivity contribution is 0.00578. The molecule has 1 aliphatic heterocycles. The number of aromatic nitrogens is 1. The molecule has 0 bridgehead atoms. The van der Waals surface area contributed by atoms with E-state index in [2.05, 4.69) is 117 Å². The summed E-state index contributed by atoms with van der Waals surface area (Å²) in [5.74, 6) is 0. The van der Waals surface area contributed by atoms with E-state index in [-0.39, 0.29) is 18.3 Å². The lowest BCUT2D eigenvalue weighted by atomic mass is 9.78. The molecule has 3 nitrogen and oxygen atoms in total. The molecule has 39 heavy (non-hydrogen) atoms. The highest BCUT2D eigenvalue weighted by molar-refractivity contribution is 7.25. The maximum Gasteiger partial charge on any atom is 0.494 e. The number of rotatable bonds is 1. The highest BCUT2D eigenvalue weighted by atomic mass is 32.1. The fourth-order valence-corrected chi connectivity index (χ4v) is 7.78. The van der Waals surface area contributed by atoms with Crippen LogP contribution in [0.2, 0.25) is 0 Å². The molecule has 0 radical (unpaired) electrons. The number of thiophene rings is 1. The summed E-state index contributed by atoms with van der Waals surface area (Å²) in [6.07, 6.45) is 0. The van der Waals surface area contributed by atoms with E-state index in [1.165, 1.54) is 69.0 Å². The third-order valence-corrected chi connectivity index (χ3v) is 10.5. The molecule has 0 amide bonds. The van der Waals surface area contributed by atoms with Crippen molar-refractivity contribution in [2.75, 3.05) is 0 Å². The zero-order valence-corrected chi connectivity index (χ0v) is 23.1. The Labute approximate surface area is 230 Å². The summed E-state index contributed by atoms with van der Waals surface area (Å²) < 4.78 is 17.8. The predicted octanol–water partition coefficient (Wildman–Crippen LogP) is 8.66. The number of hydrogen-bond acceptors (Lipinski definition) is 3. The Kier molecular flexibility index (Phi) is 4.05. The minimum absolute atomic E-state index is 0.359. The Bertz CT molecular complexity index is 2290. The molecule has 1 fully saturated rings. The minimum Gasteiger partial charge on any atom is -0.399 e. The second kappa shape index (κ2) is 7.11. The molecular weight excluding hydrogens is 497 g/mol. The van der Waals surface area contributed by atoms with Gasteiger partial charge in [-0.2, -0.15) is 0 Å². The molecule has 9 rings (SSSR count). The molecule has 1 aliphatic rings. The van der Waals surface area contributed by atoms with Crippen LogP contribution < -0.4 is 5.46 Å². The van der Waals surface area contributed by atoms with Gasteiger partial charge in [-0.05, 0) is 79.6 Å². The molecule has 0 N–H and O–H groups in total. The number of nitrogens with zero attached hydrogens (tertiary/aromatic N) is 1. The number of hydrogen-bond donors (Lipinski definition) is 0. The van der Waals surface area contributed by atoms with E-state index in [0.29, 0.717) is 0 Å². The van der Waals surface area contributed by atoms with Crippen molar-refractivity contribution < 1.29 is 9.31 Å². The summed E-state index contributed by atoms with van der Waals surface area (Å²) >= 11 is 1.86. The molecule has 8 aromatic rings. The van der Waals surface area contributed by atoms with E-state index in [1.54, 1.807) is 0 Å². The van der Waals surface area contributed by atoms with Crippen LogP contribution in [0.5, 0.6) is 0 Å². The summed E-state index contributed by atoms with van der Waals surface area (Å²) in [6, 6.07) is 31.6. The zero-order valence-electron chi connectivity index (χ0n) is 22.3. The summed E-state index contributed by atoms with van der Waals surface area (Å²) in [4.78, 5) is 0. The average molecular weight is 523 g/mol. The van der Waals surface area contributed by atoms with Gasteiger partial charge in [0.05, 0.1) is 27.8 Å². The van der Waals surface area contributed by atoms with Crippen molar-refractivity contribution in [3.8, 4) is 0 Å². The first-order valence-corrected chi connectivity index (χ1v) is 14.4. The molecule has 0 spiro atoms. The van der Waals surface area contributed by atoms with Crippen LogP contribution in [0.1, 0.15) is 27.7 Å². The average Bonchev–Trinajstić information content (AvgIpc) is 3.62. The van der Waals surface area contributed by atoms with Crippen LogP contribution in [0.3, 0.4) is 0 Å². The molecule has 188 valence electrons. The standard InChI is InChI=1S/C34H26BNO2S/c1-33(2)34(3,4)38-35(37-33)20-13-15-29-25(17-20)26-18-24-19(16-30(26)39-29)12-14-28-31(24)23-10-7-9-22-21-8-5-6-11-27(21)36(28)32(22)23/h5-18H,1-4H3. The maximum atomic E-state index is 6.39. The molecule has 3 aromatic heterocycles. The smallest absolute Gasteiger partial charge is 0.399 e. The van der Waals surface area contributed by atoms with Crippen molar-refractivity contribution >= 4 is 93.0 Å². The zero-order chi connectivity index (χ0) is 26.3. The molecule has 0 unspecified atom stereocenters. The van der Waals surface area contributed by atoms with Crippen LogP contribution >= 0.6 is 11.3 Å². The third-order valence-electron chi connectivity index (χ3n) is 9.34. The number of para-hydroxylation sites is 2. The molecule has 5 aromatic carbocycles. The molecule has 0 aliphatic carbocycles. The van der Waals surface area contributed by atoms with E-state index < -0.39 is 0 Å². The van der Waals surface area contributed by atoms with Gasteiger partial charge in [0, 0.05) is 36.3 Å². The van der Waals surface area contributed by atoms with Crippen molar-refractivity contribution in [3.05, 3.63) is 84.9 Å². The van der Waals surface area contributed by atoms with Crippen LogP contribution in [0.4, 0.5) is 0 Å². The third kappa shape index (κ3) is 2.75. The Morgan fingerprint density at radius 3 is 2.21 bits per heavy atom. The Hall–Kier alpha value is -3.64. The largest absolute Gasteiger partial charge is 0.494 e. The van der Waals surface area contributed by atoms with Gasteiger partial charge in [0.1, 0.15) is 0 Å². The van der Waals surface area contributed by atoms with E-state index in [0.717, 1.165) is 5.46 Å². The van der Waals surface area contributed by atoms with Crippen LogP contribution in [-0.2, 0) is 9.31 Å². The van der Waals surface area contributed by atoms with Crippen LogP contribution in [-0.4, -0.2) is 22.7 Å². The van der Waals surface area contributed by atoms with Crippen molar-refractivity contribution in [2.24, 2.45) is 0 Å². The van der Waals surface area contributed by atoms with Crippen molar-refractivity contribution in [1.29, 1.82) is 0 Å². The van der Waals surface area contributed by atoms with E-state index in [4.69, 9.17) is 9.31 Å². The number of fused-ring (bicyclic) bond motifs is 11. The van der Waals surface area contributed by atoms with Gasteiger partial charge in [-0.3, -0.25) is 0 Å². The molecule has 1 saturated heterocycles. The molecule has 4 heterocycles. The van der Waals surface area contributed by atoms with Crippen molar-refractivity contribution in [2.45, 2.75) is 38.9 Å².